The van der Waals surface area contributed by atoms with Gasteiger partial charge in [-0.3, -0.25) is 0 Å². The van der Waals surface area contributed by atoms with Gasteiger partial charge in [0.25, 0.3) is 0 Å². The first kappa shape index (κ1) is 20.9. The summed E-state index contributed by atoms with van der Waals surface area (Å²) in [5, 5.41) is 8.92. The number of rotatable bonds is 5. The maximum absolute atomic E-state index is 14.2. The Labute approximate surface area is 167 Å². The van der Waals surface area contributed by atoms with Gasteiger partial charge in [0.1, 0.15) is 16.5 Å². The fourth-order valence-corrected chi connectivity index (χ4v) is 2.99. The molecule has 0 atom stereocenters. The van der Waals surface area contributed by atoms with Gasteiger partial charge in [-0.1, -0.05) is 25.4 Å². The van der Waals surface area contributed by atoms with Crippen molar-refractivity contribution in [3.05, 3.63) is 52.6 Å². The van der Waals surface area contributed by atoms with E-state index in [9.17, 15) is 22.4 Å². The number of halogens is 5. The SMILES string of the molecule is CC(C)COc1ncc(-n2c(C(F)(F)F)cc3cc(C(=O)O)c(F)cc32)cc1Cl. The minimum absolute atomic E-state index is 0.0132. The maximum Gasteiger partial charge on any atom is 0.431 e. The van der Waals surface area contributed by atoms with E-state index in [1.165, 1.54) is 6.07 Å². The Bertz CT molecular complexity index is 1090. The summed E-state index contributed by atoms with van der Waals surface area (Å²) in [6.07, 6.45) is -3.67. The van der Waals surface area contributed by atoms with Crippen LogP contribution in [-0.4, -0.2) is 27.2 Å². The smallest absolute Gasteiger partial charge is 0.431 e. The number of nitrogens with zero attached hydrogens (tertiary/aromatic N) is 2. The molecule has 3 aromatic rings. The van der Waals surface area contributed by atoms with Crippen molar-refractivity contribution in [2.75, 3.05) is 6.61 Å². The summed E-state index contributed by atoms with van der Waals surface area (Å²) in [6, 6.07) is 3.57. The number of carboxylic acids is 1. The molecule has 1 aromatic carbocycles. The molecular weight excluding hydrogens is 416 g/mol. The number of ether oxygens (including phenoxy) is 1. The Balaban J connectivity index is 2.21. The van der Waals surface area contributed by atoms with Gasteiger partial charge in [-0.2, -0.15) is 13.2 Å². The highest BCUT2D eigenvalue weighted by Crippen LogP contribution is 2.38. The normalized spacial score (nSPS) is 12.0. The van der Waals surface area contributed by atoms with Gasteiger partial charge in [0.05, 0.1) is 29.6 Å². The van der Waals surface area contributed by atoms with E-state index in [4.69, 9.17) is 21.4 Å². The first-order chi connectivity index (χ1) is 13.5. The molecule has 0 amide bonds. The Hall–Kier alpha value is -2.81. The molecule has 0 saturated heterocycles. The predicted molar refractivity (Wildman–Crippen MR) is 98.3 cm³/mol. The monoisotopic (exact) mass is 430 g/mol. The van der Waals surface area contributed by atoms with Crippen LogP contribution in [0.5, 0.6) is 5.88 Å². The highest BCUT2D eigenvalue weighted by Gasteiger charge is 2.36. The molecule has 0 bridgehead atoms. The minimum atomic E-state index is -4.79. The minimum Gasteiger partial charge on any atom is -0.478 e. The number of hydrogen-bond donors (Lipinski definition) is 1. The lowest BCUT2D eigenvalue weighted by Crippen LogP contribution is -2.13. The summed E-state index contributed by atoms with van der Waals surface area (Å²) in [5.74, 6) is -2.49. The average Bonchev–Trinajstić information content (AvgIpc) is 2.98. The van der Waals surface area contributed by atoms with Crippen molar-refractivity contribution < 1.29 is 32.2 Å². The molecule has 0 unspecified atom stereocenters. The molecule has 154 valence electrons. The first-order valence-electron chi connectivity index (χ1n) is 8.43. The molecule has 1 N–H and O–H groups in total. The number of aromatic nitrogens is 2. The quantitative estimate of drug-likeness (QED) is 0.537. The Morgan fingerprint density at radius 1 is 1.28 bits per heavy atom. The maximum atomic E-state index is 14.2. The molecule has 0 saturated carbocycles. The zero-order valence-electron chi connectivity index (χ0n) is 15.2. The summed E-state index contributed by atoms with van der Waals surface area (Å²) in [5.41, 5.74) is -2.09. The lowest BCUT2D eigenvalue weighted by atomic mass is 10.1. The van der Waals surface area contributed by atoms with Gasteiger partial charge in [-0.05, 0) is 30.2 Å². The van der Waals surface area contributed by atoms with Crippen molar-refractivity contribution in [3.63, 3.8) is 0 Å². The van der Waals surface area contributed by atoms with Gasteiger partial charge < -0.3 is 14.4 Å². The summed E-state index contributed by atoms with van der Waals surface area (Å²) < 4.78 is 61.1. The van der Waals surface area contributed by atoms with E-state index < -0.39 is 29.2 Å². The van der Waals surface area contributed by atoms with Crippen LogP contribution in [0.2, 0.25) is 5.02 Å². The Morgan fingerprint density at radius 2 is 1.97 bits per heavy atom. The standard InChI is InChI=1S/C19H15ClF4N2O3/c1-9(2)8-29-17-13(20)5-11(7-25-17)26-15-6-14(21)12(18(27)28)3-10(15)4-16(26)19(22,23)24/h3-7,9H,8H2,1-2H3,(H,27,28). The lowest BCUT2D eigenvalue weighted by Gasteiger charge is -2.15. The summed E-state index contributed by atoms with van der Waals surface area (Å²) in [6.45, 7) is 4.13. The van der Waals surface area contributed by atoms with Crippen molar-refractivity contribution in [3.8, 4) is 11.6 Å². The first-order valence-corrected chi connectivity index (χ1v) is 8.81. The van der Waals surface area contributed by atoms with Gasteiger partial charge in [-0.15, -0.1) is 0 Å². The summed E-state index contributed by atoms with van der Waals surface area (Å²) in [4.78, 5) is 15.1. The van der Waals surface area contributed by atoms with Crippen molar-refractivity contribution in [1.82, 2.24) is 9.55 Å². The lowest BCUT2D eigenvalue weighted by molar-refractivity contribution is -0.142. The molecule has 10 heteroatoms. The van der Waals surface area contributed by atoms with Crippen molar-refractivity contribution in [2.24, 2.45) is 5.92 Å². The molecule has 3 rings (SSSR count). The topological polar surface area (TPSA) is 64.4 Å². The largest absolute Gasteiger partial charge is 0.478 e. The fourth-order valence-electron chi connectivity index (χ4n) is 2.77. The number of aromatic carboxylic acids is 1. The molecule has 2 aromatic heterocycles. The van der Waals surface area contributed by atoms with Crippen LogP contribution < -0.4 is 4.74 Å². The predicted octanol–water partition coefficient (Wildman–Crippen LogP) is 5.57. The zero-order valence-corrected chi connectivity index (χ0v) is 16.0. The van der Waals surface area contributed by atoms with E-state index in [-0.39, 0.29) is 33.4 Å². The van der Waals surface area contributed by atoms with Crippen LogP contribution in [0.15, 0.2) is 30.5 Å². The number of carbonyl (C=O) groups is 1. The highest BCUT2D eigenvalue weighted by atomic mass is 35.5. The van der Waals surface area contributed by atoms with Crippen LogP contribution in [0.4, 0.5) is 17.6 Å². The molecule has 0 aliphatic heterocycles. The molecule has 0 fully saturated rings. The molecular formula is C19H15ClF4N2O3. The van der Waals surface area contributed by atoms with Crippen LogP contribution in [0, 0.1) is 11.7 Å². The summed E-state index contributed by atoms with van der Waals surface area (Å²) in [7, 11) is 0. The average molecular weight is 431 g/mol. The molecule has 29 heavy (non-hydrogen) atoms. The van der Waals surface area contributed by atoms with E-state index in [2.05, 4.69) is 4.98 Å². The van der Waals surface area contributed by atoms with Crippen molar-refractivity contribution in [1.29, 1.82) is 0 Å². The van der Waals surface area contributed by atoms with Crippen LogP contribution >= 0.6 is 11.6 Å². The van der Waals surface area contributed by atoms with E-state index in [1.807, 2.05) is 13.8 Å². The van der Waals surface area contributed by atoms with Crippen LogP contribution in [0.25, 0.3) is 16.6 Å². The third-order valence-electron chi connectivity index (χ3n) is 4.02. The number of carboxylic acid groups (broad SMARTS) is 1. The molecule has 0 radical (unpaired) electrons. The van der Waals surface area contributed by atoms with Crippen molar-refractivity contribution in [2.45, 2.75) is 20.0 Å². The Kier molecular flexibility index (Phi) is 5.44. The number of alkyl halides is 3. The van der Waals surface area contributed by atoms with Gasteiger partial charge in [-0.25, -0.2) is 14.2 Å². The van der Waals surface area contributed by atoms with E-state index in [1.54, 1.807) is 0 Å². The highest BCUT2D eigenvalue weighted by molar-refractivity contribution is 6.32. The molecule has 5 nitrogen and oxygen atoms in total. The summed E-state index contributed by atoms with van der Waals surface area (Å²) >= 11 is 6.11. The van der Waals surface area contributed by atoms with Crippen molar-refractivity contribution >= 4 is 28.5 Å². The number of fused-ring (bicyclic) bond motifs is 1. The number of pyridine rings is 1. The fraction of sp³-hybridized carbons (Fsp3) is 0.263. The van der Waals surface area contributed by atoms with E-state index >= 15 is 0 Å². The third kappa shape index (κ3) is 4.14. The van der Waals surface area contributed by atoms with Crippen LogP contribution in [-0.2, 0) is 6.18 Å². The third-order valence-corrected chi connectivity index (χ3v) is 4.29. The van der Waals surface area contributed by atoms with Gasteiger partial charge in [0.2, 0.25) is 5.88 Å². The van der Waals surface area contributed by atoms with Crippen LogP contribution in [0.3, 0.4) is 0 Å². The van der Waals surface area contributed by atoms with Gasteiger partial charge in [0, 0.05) is 5.39 Å². The molecule has 0 aliphatic rings. The molecule has 2 heterocycles. The molecule has 0 spiro atoms. The van der Waals surface area contributed by atoms with Gasteiger partial charge >= 0.3 is 12.1 Å². The second-order valence-corrected chi connectivity index (χ2v) is 7.15. The Morgan fingerprint density at radius 3 is 2.52 bits per heavy atom. The van der Waals surface area contributed by atoms with E-state index in [0.717, 1.165) is 29.0 Å². The van der Waals surface area contributed by atoms with E-state index in [0.29, 0.717) is 6.61 Å². The second kappa shape index (κ2) is 7.55. The zero-order chi connectivity index (χ0) is 21.5. The number of benzene rings is 1. The molecule has 0 aliphatic carbocycles. The van der Waals surface area contributed by atoms with Crippen LogP contribution in [0.1, 0.15) is 29.9 Å². The van der Waals surface area contributed by atoms with Gasteiger partial charge in [0.15, 0.2) is 0 Å². The number of hydrogen-bond acceptors (Lipinski definition) is 3. The second-order valence-electron chi connectivity index (χ2n) is 6.74.